The van der Waals surface area contributed by atoms with E-state index in [1.807, 2.05) is 0 Å². The molecule has 2 aromatic carbocycles. The van der Waals surface area contributed by atoms with Crippen molar-refractivity contribution in [2.75, 3.05) is 26.3 Å². The molecule has 2 heterocycles. The lowest BCUT2D eigenvalue weighted by Gasteiger charge is -2.27. The van der Waals surface area contributed by atoms with E-state index in [0.29, 0.717) is 42.2 Å². The van der Waals surface area contributed by atoms with E-state index < -0.39 is 11.2 Å². The standard InChI is InChI=1S/C20H17Cl2N3O4/c21-15-6-5-13(11-16(15)22)25-19(27)14-3-1-2-4-17(14)24(20(25)28)12-18(26)23-7-9-29-10-8-23/h1-6,11H,7-10,12H2. The molecule has 1 fully saturated rings. The van der Waals surface area contributed by atoms with E-state index in [4.69, 9.17) is 27.9 Å². The van der Waals surface area contributed by atoms with Crippen LogP contribution in [0.15, 0.2) is 52.1 Å². The molecular weight excluding hydrogens is 417 g/mol. The fourth-order valence-electron chi connectivity index (χ4n) is 3.37. The molecule has 0 atom stereocenters. The molecular formula is C20H17Cl2N3O4. The molecule has 1 amide bonds. The first-order valence-corrected chi connectivity index (χ1v) is 9.78. The fourth-order valence-corrected chi connectivity index (χ4v) is 3.67. The smallest absolute Gasteiger partial charge is 0.336 e. The summed E-state index contributed by atoms with van der Waals surface area (Å²) in [5.74, 6) is -0.208. The highest BCUT2D eigenvalue weighted by molar-refractivity contribution is 6.42. The first-order chi connectivity index (χ1) is 14.0. The Morgan fingerprint density at radius 3 is 2.45 bits per heavy atom. The summed E-state index contributed by atoms with van der Waals surface area (Å²) in [6, 6.07) is 11.2. The Labute approximate surface area is 175 Å². The van der Waals surface area contributed by atoms with Crippen molar-refractivity contribution in [3.8, 4) is 5.69 Å². The minimum Gasteiger partial charge on any atom is -0.378 e. The van der Waals surface area contributed by atoms with E-state index in [1.54, 1.807) is 35.2 Å². The molecule has 0 spiro atoms. The van der Waals surface area contributed by atoms with Gasteiger partial charge in [0.05, 0.1) is 39.8 Å². The molecule has 0 saturated carbocycles. The topological polar surface area (TPSA) is 73.5 Å². The number of fused-ring (bicyclic) bond motifs is 1. The average molecular weight is 434 g/mol. The van der Waals surface area contributed by atoms with Gasteiger partial charge in [-0.15, -0.1) is 0 Å². The Morgan fingerprint density at radius 1 is 1.00 bits per heavy atom. The number of rotatable bonds is 3. The Balaban J connectivity index is 1.89. The number of halogens is 2. The third-order valence-corrected chi connectivity index (χ3v) is 5.61. The van der Waals surface area contributed by atoms with E-state index in [1.165, 1.54) is 16.7 Å². The van der Waals surface area contributed by atoms with Crippen molar-refractivity contribution in [3.63, 3.8) is 0 Å². The molecule has 29 heavy (non-hydrogen) atoms. The molecule has 0 radical (unpaired) electrons. The molecule has 0 bridgehead atoms. The van der Waals surface area contributed by atoms with Gasteiger partial charge in [0.25, 0.3) is 5.56 Å². The zero-order valence-corrected chi connectivity index (χ0v) is 16.8. The Hall–Kier alpha value is -2.61. The number of morpholine rings is 1. The summed E-state index contributed by atoms with van der Waals surface area (Å²) in [6.07, 6.45) is 0. The van der Waals surface area contributed by atoms with Crippen LogP contribution in [0, 0.1) is 0 Å². The van der Waals surface area contributed by atoms with Gasteiger partial charge in [0.1, 0.15) is 6.54 Å². The second-order valence-electron chi connectivity index (χ2n) is 6.62. The van der Waals surface area contributed by atoms with Crippen molar-refractivity contribution >= 4 is 40.0 Å². The third kappa shape index (κ3) is 3.69. The second kappa shape index (κ2) is 8.02. The largest absolute Gasteiger partial charge is 0.378 e. The lowest BCUT2D eigenvalue weighted by Crippen LogP contribution is -2.45. The summed E-state index contributed by atoms with van der Waals surface area (Å²) in [6.45, 7) is 1.69. The molecule has 1 aliphatic rings. The van der Waals surface area contributed by atoms with Crippen LogP contribution in [0.25, 0.3) is 16.6 Å². The predicted octanol–water partition coefficient (Wildman–Crippen LogP) is 2.32. The molecule has 9 heteroatoms. The zero-order valence-electron chi connectivity index (χ0n) is 15.3. The highest BCUT2D eigenvalue weighted by atomic mass is 35.5. The highest BCUT2D eigenvalue weighted by Gasteiger charge is 2.21. The molecule has 7 nitrogen and oxygen atoms in total. The van der Waals surface area contributed by atoms with Crippen LogP contribution in [0.1, 0.15) is 0 Å². The maximum atomic E-state index is 13.3. The predicted molar refractivity (Wildman–Crippen MR) is 111 cm³/mol. The zero-order chi connectivity index (χ0) is 20.5. The van der Waals surface area contributed by atoms with E-state index in [-0.39, 0.29) is 23.2 Å². The van der Waals surface area contributed by atoms with E-state index in [9.17, 15) is 14.4 Å². The average Bonchev–Trinajstić information content (AvgIpc) is 2.74. The van der Waals surface area contributed by atoms with Crippen LogP contribution in [0.5, 0.6) is 0 Å². The molecule has 1 aromatic heterocycles. The van der Waals surface area contributed by atoms with Crippen LogP contribution >= 0.6 is 23.2 Å². The maximum absolute atomic E-state index is 13.3. The van der Waals surface area contributed by atoms with E-state index >= 15 is 0 Å². The number of hydrogen-bond acceptors (Lipinski definition) is 4. The summed E-state index contributed by atoms with van der Waals surface area (Å²) in [5, 5.41) is 0.861. The van der Waals surface area contributed by atoms with Crippen LogP contribution in [0.4, 0.5) is 0 Å². The number of para-hydroxylation sites is 1. The summed E-state index contributed by atoms with van der Waals surface area (Å²) < 4.78 is 7.60. The number of nitrogens with zero attached hydrogens (tertiary/aromatic N) is 3. The molecule has 0 aliphatic carbocycles. The minimum absolute atomic E-state index is 0.180. The van der Waals surface area contributed by atoms with Gasteiger partial charge in [-0.05, 0) is 30.3 Å². The number of carbonyl (C=O) groups excluding carboxylic acids is 1. The second-order valence-corrected chi connectivity index (χ2v) is 7.43. The third-order valence-electron chi connectivity index (χ3n) is 4.87. The SMILES string of the molecule is O=C(Cn1c(=O)n(-c2ccc(Cl)c(Cl)c2)c(=O)c2ccccc21)N1CCOCC1. The molecule has 1 aliphatic heterocycles. The van der Waals surface area contributed by atoms with Crippen molar-refractivity contribution in [2.45, 2.75) is 6.54 Å². The molecule has 0 N–H and O–H groups in total. The summed E-state index contributed by atoms with van der Waals surface area (Å²) in [4.78, 5) is 40.8. The van der Waals surface area contributed by atoms with Gasteiger partial charge in [0.2, 0.25) is 5.91 Å². The molecule has 1 saturated heterocycles. The summed E-state index contributed by atoms with van der Waals surface area (Å²) in [5.41, 5.74) is -0.416. The van der Waals surface area contributed by atoms with Gasteiger partial charge in [0, 0.05) is 13.1 Å². The maximum Gasteiger partial charge on any atom is 0.336 e. The highest BCUT2D eigenvalue weighted by Crippen LogP contribution is 2.23. The first kappa shape index (κ1) is 19.7. The molecule has 0 unspecified atom stereocenters. The Bertz CT molecular complexity index is 1210. The number of hydrogen-bond donors (Lipinski definition) is 0. The summed E-state index contributed by atoms with van der Waals surface area (Å²) in [7, 11) is 0. The van der Waals surface area contributed by atoms with Gasteiger partial charge in [-0.2, -0.15) is 0 Å². The van der Waals surface area contributed by atoms with Crippen molar-refractivity contribution in [3.05, 3.63) is 73.3 Å². The summed E-state index contributed by atoms with van der Waals surface area (Å²) >= 11 is 12.0. The van der Waals surface area contributed by atoms with Crippen LogP contribution in [-0.4, -0.2) is 46.2 Å². The molecule has 150 valence electrons. The Morgan fingerprint density at radius 2 is 1.72 bits per heavy atom. The number of aromatic nitrogens is 2. The molecule has 4 rings (SSSR count). The van der Waals surface area contributed by atoms with Crippen LogP contribution in [0.2, 0.25) is 10.0 Å². The minimum atomic E-state index is -0.617. The van der Waals surface area contributed by atoms with Gasteiger partial charge in [-0.25, -0.2) is 9.36 Å². The van der Waals surface area contributed by atoms with Gasteiger partial charge in [0.15, 0.2) is 0 Å². The van der Waals surface area contributed by atoms with Gasteiger partial charge >= 0.3 is 5.69 Å². The Kier molecular flexibility index (Phi) is 5.45. The van der Waals surface area contributed by atoms with Crippen LogP contribution in [0.3, 0.4) is 0 Å². The molecule has 3 aromatic rings. The lowest BCUT2D eigenvalue weighted by molar-refractivity contribution is -0.135. The van der Waals surface area contributed by atoms with Crippen molar-refractivity contribution in [2.24, 2.45) is 0 Å². The number of amides is 1. The van der Waals surface area contributed by atoms with E-state index in [2.05, 4.69) is 0 Å². The quantitative estimate of drug-likeness (QED) is 0.635. The normalized spacial score (nSPS) is 14.3. The lowest BCUT2D eigenvalue weighted by atomic mass is 10.2. The van der Waals surface area contributed by atoms with Crippen LogP contribution in [-0.2, 0) is 16.1 Å². The number of carbonyl (C=O) groups is 1. The number of ether oxygens (including phenoxy) is 1. The van der Waals surface area contributed by atoms with Crippen molar-refractivity contribution in [1.29, 1.82) is 0 Å². The van der Waals surface area contributed by atoms with Crippen molar-refractivity contribution < 1.29 is 9.53 Å². The monoisotopic (exact) mass is 433 g/mol. The number of benzene rings is 2. The van der Waals surface area contributed by atoms with Crippen LogP contribution < -0.4 is 11.2 Å². The fraction of sp³-hybridized carbons (Fsp3) is 0.250. The van der Waals surface area contributed by atoms with Crippen molar-refractivity contribution in [1.82, 2.24) is 14.0 Å². The van der Waals surface area contributed by atoms with E-state index in [0.717, 1.165) is 4.57 Å². The van der Waals surface area contributed by atoms with Gasteiger partial charge < -0.3 is 9.64 Å². The first-order valence-electron chi connectivity index (χ1n) is 9.03. The van der Waals surface area contributed by atoms with Gasteiger partial charge in [-0.1, -0.05) is 35.3 Å². The van der Waals surface area contributed by atoms with Gasteiger partial charge in [-0.3, -0.25) is 14.2 Å².